The number of amidine groups is 1. The van der Waals surface area contributed by atoms with Crippen molar-refractivity contribution in [2.75, 3.05) is 7.11 Å². The molecule has 0 aromatic heterocycles. The molecule has 0 aliphatic carbocycles. The second kappa shape index (κ2) is 10.1. The highest BCUT2D eigenvalue weighted by atomic mass is 32.2. The Bertz CT molecular complexity index is 1390. The van der Waals surface area contributed by atoms with Gasteiger partial charge in [0.1, 0.15) is 0 Å². The van der Waals surface area contributed by atoms with E-state index in [1.54, 1.807) is 18.2 Å². The van der Waals surface area contributed by atoms with Crippen LogP contribution < -0.4 is 14.8 Å². The summed E-state index contributed by atoms with van der Waals surface area (Å²) in [7, 11) is 1.39. The van der Waals surface area contributed by atoms with Gasteiger partial charge in [0, 0.05) is 6.07 Å². The fourth-order valence-electron chi connectivity index (χ4n) is 3.08. The third kappa shape index (κ3) is 5.45. The van der Waals surface area contributed by atoms with Gasteiger partial charge >= 0.3 is 5.69 Å². The summed E-state index contributed by atoms with van der Waals surface area (Å²) < 4.78 is 11.0. The van der Waals surface area contributed by atoms with E-state index in [2.05, 4.69) is 10.3 Å². The van der Waals surface area contributed by atoms with Crippen molar-refractivity contribution in [3.05, 3.63) is 97.4 Å². The predicted octanol–water partition coefficient (Wildman–Crippen LogP) is 5.20. The van der Waals surface area contributed by atoms with Crippen LogP contribution in [-0.4, -0.2) is 28.0 Å². The smallest absolute Gasteiger partial charge is 0.318 e. The Labute approximate surface area is 202 Å². The molecule has 0 saturated carbocycles. The third-order valence-corrected chi connectivity index (χ3v) is 5.60. The zero-order valence-electron chi connectivity index (χ0n) is 18.0. The third-order valence-electron chi connectivity index (χ3n) is 4.69. The molecule has 0 radical (unpaired) electrons. The molecule has 0 atom stereocenters. The van der Waals surface area contributed by atoms with Gasteiger partial charge in [0.15, 0.2) is 16.7 Å². The molecule has 1 amide bonds. The number of nitrogens with one attached hydrogen (secondary N) is 1. The van der Waals surface area contributed by atoms with E-state index >= 15 is 0 Å². The molecule has 1 aliphatic rings. The molecule has 1 aliphatic heterocycles. The first-order chi connectivity index (χ1) is 16.8. The minimum atomic E-state index is -0.766. The van der Waals surface area contributed by atoms with Crippen molar-refractivity contribution >= 4 is 46.0 Å². The van der Waals surface area contributed by atoms with E-state index in [-0.39, 0.29) is 23.2 Å². The second-order valence-electron chi connectivity index (χ2n) is 7.00. The standard InChI is InChI=1S/C23H16N4O7S/c1-33-20-11-14(12-21-22(28)25-23(35-21)24-15-5-3-2-4-6-15)7-9-19(20)34-18-10-8-16(26(29)30)13-17(18)27(31)32/h2-13H,1H3,(H,24,25,28)/b21-12+. The number of nitro groups is 2. The second-order valence-corrected chi connectivity index (χ2v) is 8.03. The van der Waals surface area contributed by atoms with E-state index in [1.807, 2.05) is 30.3 Å². The number of methoxy groups -OCH3 is 1. The van der Waals surface area contributed by atoms with Gasteiger partial charge in [-0.1, -0.05) is 24.3 Å². The summed E-state index contributed by atoms with van der Waals surface area (Å²) in [6, 6.07) is 17.0. The number of hydrogen-bond acceptors (Lipinski definition) is 9. The Hall–Kier alpha value is -4.71. The zero-order valence-corrected chi connectivity index (χ0v) is 18.9. The van der Waals surface area contributed by atoms with Gasteiger partial charge in [0.05, 0.1) is 33.6 Å². The first-order valence-electron chi connectivity index (χ1n) is 9.97. The minimum absolute atomic E-state index is 0.154. The van der Waals surface area contributed by atoms with Crippen LogP contribution in [0.2, 0.25) is 0 Å². The molecular formula is C23H16N4O7S. The summed E-state index contributed by atoms with van der Waals surface area (Å²) in [5.74, 6) is -0.0852. The van der Waals surface area contributed by atoms with Crippen LogP contribution in [0.1, 0.15) is 5.56 Å². The number of para-hydroxylation sites is 1. The van der Waals surface area contributed by atoms with Crippen LogP contribution >= 0.6 is 11.8 Å². The minimum Gasteiger partial charge on any atom is -0.493 e. The van der Waals surface area contributed by atoms with Crippen molar-refractivity contribution in [1.29, 1.82) is 0 Å². The average molecular weight is 492 g/mol. The molecule has 0 unspecified atom stereocenters. The number of amides is 1. The fourth-order valence-corrected chi connectivity index (χ4v) is 3.92. The molecule has 35 heavy (non-hydrogen) atoms. The van der Waals surface area contributed by atoms with Crippen LogP contribution in [-0.2, 0) is 4.79 Å². The fraction of sp³-hybridized carbons (Fsp3) is 0.0435. The first-order valence-corrected chi connectivity index (χ1v) is 10.8. The number of nitro benzene ring substituents is 2. The van der Waals surface area contributed by atoms with Gasteiger partial charge in [-0.05, 0) is 53.7 Å². The Balaban J connectivity index is 1.58. The highest BCUT2D eigenvalue weighted by Crippen LogP contribution is 2.39. The summed E-state index contributed by atoms with van der Waals surface area (Å²) in [6.45, 7) is 0. The number of benzene rings is 3. The highest BCUT2D eigenvalue weighted by Gasteiger charge is 2.25. The predicted molar refractivity (Wildman–Crippen MR) is 130 cm³/mol. The maximum Gasteiger partial charge on any atom is 0.318 e. The van der Waals surface area contributed by atoms with Gasteiger partial charge in [-0.2, -0.15) is 0 Å². The summed E-state index contributed by atoms with van der Waals surface area (Å²) in [4.78, 5) is 38.0. The van der Waals surface area contributed by atoms with E-state index in [9.17, 15) is 25.0 Å². The molecule has 3 aromatic rings. The van der Waals surface area contributed by atoms with Gasteiger partial charge < -0.3 is 14.8 Å². The van der Waals surface area contributed by atoms with Crippen molar-refractivity contribution in [1.82, 2.24) is 5.32 Å². The van der Waals surface area contributed by atoms with E-state index in [4.69, 9.17) is 9.47 Å². The van der Waals surface area contributed by atoms with Crippen molar-refractivity contribution < 1.29 is 24.1 Å². The Morgan fingerprint density at radius 1 is 0.943 bits per heavy atom. The van der Waals surface area contributed by atoms with Crippen LogP contribution in [0.3, 0.4) is 0 Å². The number of rotatable bonds is 7. The van der Waals surface area contributed by atoms with Crippen LogP contribution in [0.15, 0.2) is 76.6 Å². The first kappa shape index (κ1) is 23.4. The number of thioether (sulfide) groups is 1. The van der Waals surface area contributed by atoms with Gasteiger partial charge in [0.25, 0.3) is 11.6 Å². The Morgan fingerprint density at radius 2 is 1.69 bits per heavy atom. The topological polar surface area (TPSA) is 146 Å². The van der Waals surface area contributed by atoms with E-state index in [0.717, 1.165) is 18.2 Å². The molecule has 176 valence electrons. The van der Waals surface area contributed by atoms with E-state index in [1.165, 1.54) is 24.9 Å². The normalized spacial score (nSPS) is 15.2. The molecule has 1 heterocycles. The van der Waals surface area contributed by atoms with Crippen molar-refractivity contribution in [3.8, 4) is 17.2 Å². The lowest BCUT2D eigenvalue weighted by Gasteiger charge is -2.11. The van der Waals surface area contributed by atoms with Crippen LogP contribution in [0.25, 0.3) is 6.08 Å². The van der Waals surface area contributed by atoms with Gasteiger partial charge in [-0.15, -0.1) is 0 Å². The number of non-ortho nitro benzene ring substituents is 1. The maximum absolute atomic E-state index is 12.4. The molecular weight excluding hydrogens is 476 g/mol. The molecule has 1 saturated heterocycles. The van der Waals surface area contributed by atoms with Gasteiger partial charge in [-0.25, -0.2) is 4.99 Å². The molecule has 12 heteroatoms. The van der Waals surface area contributed by atoms with Gasteiger partial charge in [-0.3, -0.25) is 25.0 Å². The SMILES string of the molecule is COc1cc(/C=C2/SC(=Nc3ccccc3)NC2=O)ccc1Oc1ccc([N+](=O)[O-])cc1[N+](=O)[O-]. The lowest BCUT2D eigenvalue weighted by Crippen LogP contribution is -2.19. The molecule has 11 nitrogen and oxygen atoms in total. The van der Waals surface area contributed by atoms with Crippen molar-refractivity contribution in [2.24, 2.45) is 4.99 Å². The van der Waals surface area contributed by atoms with Crippen LogP contribution in [0, 0.1) is 20.2 Å². The van der Waals surface area contributed by atoms with E-state index < -0.39 is 21.2 Å². The summed E-state index contributed by atoms with van der Waals surface area (Å²) in [5.41, 5.74) is 0.336. The molecule has 4 rings (SSSR count). The number of carbonyl (C=O) groups excluding carboxylic acids is 1. The quantitative estimate of drug-likeness (QED) is 0.269. The Kier molecular flexibility index (Phi) is 6.73. The van der Waals surface area contributed by atoms with Crippen LogP contribution in [0.5, 0.6) is 17.2 Å². The molecule has 1 N–H and O–H groups in total. The number of carbonyl (C=O) groups is 1. The molecule has 3 aromatic carbocycles. The molecule has 0 bridgehead atoms. The van der Waals surface area contributed by atoms with Crippen LogP contribution in [0.4, 0.5) is 17.1 Å². The summed E-state index contributed by atoms with van der Waals surface area (Å²) in [6.07, 6.45) is 1.65. The molecule has 0 spiro atoms. The lowest BCUT2D eigenvalue weighted by molar-refractivity contribution is -0.394. The largest absolute Gasteiger partial charge is 0.493 e. The monoisotopic (exact) mass is 492 g/mol. The Morgan fingerprint density at radius 3 is 2.37 bits per heavy atom. The average Bonchev–Trinajstić information content (AvgIpc) is 3.18. The van der Waals surface area contributed by atoms with Crippen molar-refractivity contribution in [2.45, 2.75) is 0 Å². The van der Waals surface area contributed by atoms with Crippen molar-refractivity contribution in [3.63, 3.8) is 0 Å². The number of hydrogen-bond donors (Lipinski definition) is 1. The van der Waals surface area contributed by atoms with E-state index in [0.29, 0.717) is 21.3 Å². The van der Waals surface area contributed by atoms with Gasteiger partial charge in [0.2, 0.25) is 5.75 Å². The summed E-state index contributed by atoms with van der Waals surface area (Å²) >= 11 is 1.19. The number of nitrogens with zero attached hydrogens (tertiary/aromatic N) is 3. The molecule has 1 fully saturated rings. The number of ether oxygens (including phenoxy) is 2. The summed E-state index contributed by atoms with van der Waals surface area (Å²) in [5, 5.41) is 25.5. The zero-order chi connectivity index (χ0) is 24.9. The number of aliphatic imine (C=N–C) groups is 1. The lowest BCUT2D eigenvalue weighted by atomic mass is 10.2. The highest BCUT2D eigenvalue weighted by molar-refractivity contribution is 8.18. The maximum atomic E-state index is 12.4.